The van der Waals surface area contributed by atoms with Crippen LogP contribution in [-0.2, 0) is 4.79 Å². The van der Waals surface area contributed by atoms with Gasteiger partial charge in [0.1, 0.15) is 11.5 Å². The van der Waals surface area contributed by atoms with Crippen molar-refractivity contribution in [3.8, 4) is 11.5 Å². The van der Waals surface area contributed by atoms with Crippen LogP contribution in [0.25, 0.3) is 6.08 Å². The minimum Gasteiger partial charge on any atom is -0.497 e. The van der Waals surface area contributed by atoms with Crippen LogP contribution in [0, 0.1) is 0 Å². The SMILES string of the molecule is COc1ccc(/C=C/C(=O)NCC(c2ccccc2)N(C)C)c(OC)c1. The molecule has 26 heavy (non-hydrogen) atoms. The molecule has 0 heterocycles. The van der Waals surface area contributed by atoms with Gasteiger partial charge in [-0.25, -0.2) is 0 Å². The van der Waals surface area contributed by atoms with Gasteiger partial charge in [0.2, 0.25) is 5.91 Å². The number of hydrogen-bond donors (Lipinski definition) is 1. The summed E-state index contributed by atoms with van der Waals surface area (Å²) in [5, 5.41) is 2.96. The van der Waals surface area contributed by atoms with Gasteiger partial charge < -0.3 is 19.7 Å². The normalized spacial score (nSPS) is 12.2. The quantitative estimate of drug-likeness (QED) is 0.740. The van der Waals surface area contributed by atoms with Crippen LogP contribution in [0.4, 0.5) is 0 Å². The van der Waals surface area contributed by atoms with Crippen LogP contribution in [0.3, 0.4) is 0 Å². The van der Waals surface area contributed by atoms with Gasteiger partial charge in [-0.3, -0.25) is 4.79 Å². The van der Waals surface area contributed by atoms with Crippen LogP contribution < -0.4 is 14.8 Å². The smallest absolute Gasteiger partial charge is 0.244 e. The molecule has 0 bridgehead atoms. The monoisotopic (exact) mass is 354 g/mol. The lowest BCUT2D eigenvalue weighted by atomic mass is 10.1. The molecule has 0 aliphatic rings. The lowest BCUT2D eigenvalue weighted by molar-refractivity contribution is -0.116. The van der Waals surface area contributed by atoms with E-state index >= 15 is 0 Å². The number of amides is 1. The first kappa shape index (κ1) is 19.5. The maximum absolute atomic E-state index is 12.2. The van der Waals surface area contributed by atoms with E-state index in [9.17, 15) is 4.79 Å². The summed E-state index contributed by atoms with van der Waals surface area (Å²) in [5.74, 6) is 1.22. The molecule has 5 nitrogen and oxygen atoms in total. The Bertz CT molecular complexity index is 742. The molecular weight excluding hydrogens is 328 g/mol. The summed E-state index contributed by atoms with van der Waals surface area (Å²) in [6.45, 7) is 0.528. The third-order valence-electron chi connectivity index (χ3n) is 4.13. The Morgan fingerprint density at radius 3 is 2.46 bits per heavy atom. The van der Waals surface area contributed by atoms with Crippen LogP contribution in [0.2, 0.25) is 0 Å². The van der Waals surface area contributed by atoms with Crippen molar-refractivity contribution in [1.82, 2.24) is 10.2 Å². The Morgan fingerprint density at radius 1 is 1.12 bits per heavy atom. The molecule has 0 saturated heterocycles. The fourth-order valence-corrected chi connectivity index (χ4v) is 2.65. The van der Waals surface area contributed by atoms with Crippen molar-refractivity contribution in [2.24, 2.45) is 0 Å². The van der Waals surface area contributed by atoms with Gasteiger partial charge in [0, 0.05) is 24.3 Å². The molecule has 0 spiro atoms. The van der Waals surface area contributed by atoms with E-state index in [1.54, 1.807) is 26.4 Å². The van der Waals surface area contributed by atoms with Crippen LogP contribution in [-0.4, -0.2) is 45.7 Å². The highest BCUT2D eigenvalue weighted by molar-refractivity contribution is 5.92. The molecule has 1 unspecified atom stereocenters. The van der Waals surface area contributed by atoms with Crippen molar-refractivity contribution in [2.45, 2.75) is 6.04 Å². The number of ether oxygens (including phenoxy) is 2. The summed E-state index contributed by atoms with van der Waals surface area (Å²) >= 11 is 0. The van der Waals surface area contributed by atoms with Gasteiger partial charge >= 0.3 is 0 Å². The van der Waals surface area contributed by atoms with E-state index in [1.807, 2.05) is 44.4 Å². The van der Waals surface area contributed by atoms with Crippen molar-refractivity contribution in [3.05, 3.63) is 65.7 Å². The van der Waals surface area contributed by atoms with E-state index in [4.69, 9.17) is 9.47 Å². The first-order valence-corrected chi connectivity index (χ1v) is 8.44. The molecule has 0 radical (unpaired) electrons. The number of carbonyl (C=O) groups is 1. The number of carbonyl (C=O) groups excluding carboxylic acids is 1. The standard InChI is InChI=1S/C21H26N2O3/c1-23(2)19(16-8-6-5-7-9-16)15-22-21(24)13-11-17-10-12-18(25-3)14-20(17)26-4/h5-14,19H,15H2,1-4H3,(H,22,24)/b13-11+. The van der Waals surface area contributed by atoms with Crippen LogP contribution >= 0.6 is 0 Å². The lowest BCUT2D eigenvalue weighted by Gasteiger charge is -2.24. The summed E-state index contributed by atoms with van der Waals surface area (Å²) < 4.78 is 10.5. The predicted octanol–water partition coefficient (Wildman–Crippen LogP) is 3.14. The Balaban J connectivity index is 2.00. The lowest BCUT2D eigenvalue weighted by Crippen LogP contribution is -2.33. The second kappa shape index (κ2) is 9.63. The summed E-state index contributed by atoms with van der Waals surface area (Å²) in [6, 6.07) is 15.7. The van der Waals surface area contributed by atoms with Gasteiger partial charge in [-0.15, -0.1) is 0 Å². The van der Waals surface area contributed by atoms with E-state index < -0.39 is 0 Å². The van der Waals surface area contributed by atoms with Gasteiger partial charge in [-0.05, 0) is 37.9 Å². The van der Waals surface area contributed by atoms with Gasteiger partial charge in [0.25, 0.3) is 0 Å². The average molecular weight is 354 g/mol. The van der Waals surface area contributed by atoms with Gasteiger partial charge in [0.05, 0.1) is 20.3 Å². The topological polar surface area (TPSA) is 50.8 Å². The molecule has 0 aliphatic heterocycles. The Kier molecular flexibility index (Phi) is 7.24. The zero-order valence-corrected chi connectivity index (χ0v) is 15.7. The highest BCUT2D eigenvalue weighted by Gasteiger charge is 2.14. The largest absolute Gasteiger partial charge is 0.497 e. The van der Waals surface area contributed by atoms with E-state index in [1.165, 1.54) is 11.6 Å². The van der Waals surface area contributed by atoms with Crippen LogP contribution in [0.5, 0.6) is 11.5 Å². The molecule has 2 rings (SSSR count). The highest BCUT2D eigenvalue weighted by atomic mass is 16.5. The summed E-state index contributed by atoms with van der Waals surface area (Å²) in [7, 11) is 7.20. The molecule has 2 aromatic carbocycles. The number of nitrogens with zero attached hydrogens (tertiary/aromatic N) is 1. The molecular formula is C21H26N2O3. The van der Waals surface area contributed by atoms with Crippen molar-refractivity contribution >= 4 is 12.0 Å². The second-order valence-corrected chi connectivity index (χ2v) is 6.08. The van der Waals surface area contributed by atoms with Gasteiger partial charge in [-0.2, -0.15) is 0 Å². The maximum atomic E-state index is 12.2. The first-order valence-electron chi connectivity index (χ1n) is 8.44. The average Bonchev–Trinajstić information content (AvgIpc) is 2.66. The van der Waals surface area contributed by atoms with Crippen molar-refractivity contribution in [3.63, 3.8) is 0 Å². The van der Waals surface area contributed by atoms with E-state index in [-0.39, 0.29) is 11.9 Å². The molecule has 0 aromatic heterocycles. The fraction of sp³-hybridized carbons (Fsp3) is 0.286. The molecule has 138 valence electrons. The molecule has 0 saturated carbocycles. The number of likely N-dealkylation sites (N-methyl/N-ethyl adjacent to an activating group) is 1. The van der Waals surface area contributed by atoms with Crippen LogP contribution in [0.1, 0.15) is 17.2 Å². The minimum atomic E-state index is -0.148. The third-order valence-corrected chi connectivity index (χ3v) is 4.13. The van der Waals surface area contributed by atoms with Crippen molar-refractivity contribution in [2.75, 3.05) is 34.9 Å². The molecule has 2 aromatic rings. The minimum absolute atomic E-state index is 0.115. The molecule has 1 N–H and O–H groups in total. The Morgan fingerprint density at radius 2 is 1.85 bits per heavy atom. The van der Waals surface area contributed by atoms with E-state index in [0.717, 1.165) is 5.56 Å². The van der Waals surface area contributed by atoms with Gasteiger partial charge in [-0.1, -0.05) is 30.3 Å². The molecule has 5 heteroatoms. The molecule has 0 fully saturated rings. The van der Waals surface area contributed by atoms with Crippen LogP contribution in [0.15, 0.2) is 54.6 Å². The third kappa shape index (κ3) is 5.36. The highest BCUT2D eigenvalue weighted by Crippen LogP contribution is 2.25. The molecule has 0 aliphatic carbocycles. The fourth-order valence-electron chi connectivity index (χ4n) is 2.65. The zero-order chi connectivity index (χ0) is 18.9. The summed E-state index contributed by atoms with van der Waals surface area (Å²) in [4.78, 5) is 14.3. The molecule has 1 atom stereocenters. The predicted molar refractivity (Wildman–Crippen MR) is 104 cm³/mol. The number of benzene rings is 2. The van der Waals surface area contributed by atoms with Crippen molar-refractivity contribution in [1.29, 1.82) is 0 Å². The van der Waals surface area contributed by atoms with E-state index in [0.29, 0.717) is 18.0 Å². The maximum Gasteiger partial charge on any atom is 0.244 e. The Labute approximate surface area is 155 Å². The number of hydrogen-bond acceptors (Lipinski definition) is 4. The van der Waals surface area contributed by atoms with E-state index in [2.05, 4.69) is 22.3 Å². The summed E-state index contributed by atoms with van der Waals surface area (Å²) in [6.07, 6.45) is 3.25. The molecule has 1 amide bonds. The number of nitrogens with one attached hydrogen (secondary N) is 1. The Hall–Kier alpha value is -2.79. The zero-order valence-electron chi connectivity index (χ0n) is 15.7. The second-order valence-electron chi connectivity index (χ2n) is 6.08. The first-order chi connectivity index (χ1) is 12.5. The van der Waals surface area contributed by atoms with Crippen molar-refractivity contribution < 1.29 is 14.3 Å². The number of rotatable bonds is 8. The summed E-state index contributed by atoms with van der Waals surface area (Å²) in [5.41, 5.74) is 1.98. The number of methoxy groups -OCH3 is 2. The van der Waals surface area contributed by atoms with Gasteiger partial charge in [0.15, 0.2) is 0 Å².